The van der Waals surface area contributed by atoms with Gasteiger partial charge >= 0.3 is 0 Å². The summed E-state index contributed by atoms with van der Waals surface area (Å²) in [6.45, 7) is 6.08. The van der Waals surface area contributed by atoms with E-state index in [0.717, 1.165) is 19.3 Å². The number of hydrogen-bond donors (Lipinski definition) is 1. The smallest absolute Gasteiger partial charge is 0.181 e. The number of sulfone groups is 1. The van der Waals surface area contributed by atoms with Gasteiger partial charge in [0.25, 0.3) is 0 Å². The van der Waals surface area contributed by atoms with Gasteiger partial charge < -0.3 is 5.73 Å². The molecule has 0 spiro atoms. The van der Waals surface area contributed by atoms with E-state index in [1.165, 1.54) is 0 Å². The van der Waals surface area contributed by atoms with Gasteiger partial charge in [-0.05, 0) is 55.7 Å². The lowest BCUT2D eigenvalue weighted by Crippen LogP contribution is -2.31. The zero-order valence-electron chi connectivity index (χ0n) is 11.9. The van der Waals surface area contributed by atoms with Crippen molar-refractivity contribution in [1.82, 2.24) is 0 Å². The van der Waals surface area contributed by atoms with Gasteiger partial charge in [-0.2, -0.15) is 0 Å². The summed E-state index contributed by atoms with van der Waals surface area (Å²) in [7, 11) is -3.26. The molecule has 19 heavy (non-hydrogen) atoms. The van der Waals surface area contributed by atoms with Crippen LogP contribution in [-0.2, 0) is 9.84 Å². The van der Waals surface area contributed by atoms with Crippen molar-refractivity contribution in [1.29, 1.82) is 0 Å². The molecule has 0 aliphatic heterocycles. The first-order valence-electron chi connectivity index (χ1n) is 6.91. The summed E-state index contributed by atoms with van der Waals surface area (Å²) in [5, 5.41) is -0.258. The Morgan fingerprint density at radius 1 is 1.11 bits per heavy atom. The minimum atomic E-state index is -3.26. The van der Waals surface area contributed by atoms with Gasteiger partial charge in [0.05, 0.1) is 10.1 Å². The van der Waals surface area contributed by atoms with Crippen LogP contribution < -0.4 is 5.73 Å². The summed E-state index contributed by atoms with van der Waals surface area (Å²) in [5.74, 6) is 0.954. The Morgan fingerprint density at radius 3 is 2.26 bits per heavy atom. The molecule has 2 atom stereocenters. The first-order valence-corrected chi connectivity index (χ1v) is 8.46. The first-order chi connectivity index (χ1) is 8.82. The van der Waals surface area contributed by atoms with Crippen LogP contribution in [0.1, 0.15) is 38.7 Å². The number of nitrogens with two attached hydrogens (primary N) is 1. The lowest BCUT2D eigenvalue weighted by molar-refractivity contribution is 0.301. The zero-order valence-corrected chi connectivity index (χ0v) is 12.7. The van der Waals surface area contributed by atoms with E-state index in [2.05, 4.69) is 13.8 Å². The van der Waals surface area contributed by atoms with Crippen molar-refractivity contribution in [2.24, 2.45) is 11.8 Å². The third-order valence-corrected chi connectivity index (χ3v) is 6.52. The van der Waals surface area contributed by atoms with Crippen LogP contribution in [0.3, 0.4) is 0 Å². The van der Waals surface area contributed by atoms with E-state index in [-0.39, 0.29) is 5.25 Å². The lowest BCUT2D eigenvalue weighted by Gasteiger charge is -2.31. The minimum absolute atomic E-state index is 0.258. The molecule has 1 aliphatic rings. The molecule has 0 bridgehead atoms. The Morgan fingerprint density at radius 2 is 1.68 bits per heavy atom. The fourth-order valence-electron chi connectivity index (χ4n) is 3.25. The van der Waals surface area contributed by atoms with Crippen LogP contribution in [0.25, 0.3) is 0 Å². The van der Waals surface area contributed by atoms with Crippen LogP contribution in [0.4, 0.5) is 5.69 Å². The van der Waals surface area contributed by atoms with Crippen molar-refractivity contribution in [3.05, 3.63) is 23.8 Å². The van der Waals surface area contributed by atoms with Gasteiger partial charge in [-0.15, -0.1) is 0 Å². The molecule has 2 unspecified atom stereocenters. The summed E-state index contributed by atoms with van der Waals surface area (Å²) in [6, 6.07) is 5.16. The molecule has 0 aromatic heterocycles. The van der Waals surface area contributed by atoms with Crippen molar-refractivity contribution in [2.75, 3.05) is 5.73 Å². The number of rotatable bonds is 2. The van der Waals surface area contributed by atoms with E-state index in [1.54, 1.807) is 25.1 Å². The summed E-state index contributed by atoms with van der Waals surface area (Å²) < 4.78 is 25.6. The van der Waals surface area contributed by atoms with Crippen molar-refractivity contribution >= 4 is 15.5 Å². The maximum Gasteiger partial charge on any atom is 0.181 e. The molecule has 1 saturated carbocycles. The Hall–Kier alpha value is -1.03. The Kier molecular flexibility index (Phi) is 3.90. The second-order valence-corrected chi connectivity index (χ2v) is 8.25. The van der Waals surface area contributed by atoms with E-state index < -0.39 is 9.84 Å². The largest absolute Gasteiger partial charge is 0.398 e. The third-order valence-electron chi connectivity index (χ3n) is 4.21. The van der Waals surface area contributed by atoms with Crippen molar-refractivity contribution < 1.29 is 8.42 Å². The second-order valence-electron chi connectivity index (χ2n) is 6.05. The highest BCUT2D eigenvalue weighted by atomic mass is 32.2. The molecular weight excluding hydrogens is 258 g/mol. The summed E-state index contributed by atoms with van der Waals surface area (Å²) in [6.07, 6.45) is 2.66. The van der Waals surface area contributed by atoms with Gasteiger partial charge in [0.2, 0.25) is 0 Å². The van der Waals surface area contributed by atoms with Crippen molar-refractivity contribution in [3.63, 3.8) is 0 Å². The molecule has 2 rings (SSSR count). The highest BCUT2D eigenvalue weighted by molar-refractivity contribution is 7.92. The monoisotopic (exact) mass is 281 g/mol. The number of benzene rings is 1. The molecule has 1 aromatic rings. The van der Waals surface area contributed by atoms with E-state index >= 15 is 0 Å². The number of anilines is 1. The molecule has 0 saturated heterocycles. The molecule has 0 amide bonds. The normalized spacial score (nSPS) is 28.3. The highest BCUT2D eigenvalue weighted by Gasteiger charge is 2.35. The van der Waals surface area contributed by atoms with E-state index in [9.17, 15) is 8.42 Å². The molecular formula is C15H23NO2S. The fourth-order valence-corrected chi connectivity index (χ4v) is 5.58. The van der Waals surface area contributed by atoms with Gasteiger partial charge in [0, 0.05) is 5.69 Å². The van der Waals surface area contributed by atoms with Crippen LogP contribution in [-0.4, -0.2) is 13.7 Å². The molecule has 3 nitrogen and oxygen atoms in total. The molecule has 0 radical (unpaired) electrons. The molecule has 106 valence electrons. The predicted octanol–water partition coefficient (Wildman–Crippen LogP) is 3.18. The highest BCUT2D eigenvalue weighted by Crippen LogP contribution is 2.36. The lowest BCUT2D eigenvalue weighted by atomic mass is 9.83. The van der Waals surface area contributed by atoms with Gasteiger partial charge in [0.1, 0.15) is 0 Å². The Balaban J connectivity index is 2.39. The van der Waals surface area contributed by atoms with Crippen LogP contribution in [0.2, 0.25) is 0 Å². The van der Waals surface area contributed by atoms with E-state index in [4.69, 9.17) is 5.73 Å². The molecule has 1 fully saturated rings. The van der Waals surface area contributed by atoms with Crippen LogP contribution in [0, 0.1) is 18.8 Å². The fraction of sp³-hybridized carbons (Fsp3) is 0.600. The van der Waals surface area contributed by atoms with Crippen LogP contribution >= 0.6 is 0 Å². The van der Waals surface area contributed by atoms with Crippen LogP contribution in [0.15, 0.2) is 23.1 Å². The van der Waals surface area contributed by atoms with Crippen molar-refractivity contribution in [3.8, 4) is 0 Å². The SMILES string of the molecule is Cc1c(N)cccc1S(=O)(=O)C1CC(C)CC(C)C1. The summed E-state index contributed by atoms with van der Waals surface area (Å²) in [5.41, 5.74) is 7.08. The summed E-state index contributed by atoms with van der Waals surface area (Å²) in [4.78, 5) is 0.416. The van der Waals surface area contributed by atoms with Gasteiger partial charge in [-0.1, -0.05) is 19.9 Å². The van der Waals surface area contributed by atoms with Gasteiger partial charge in [-0.25, -0.2) is 8.42 Å². The average Bonchev–Trinajstić information content (AvgIpc) is 2.31. The topological polar surface area (TPSA) is 60.2 Å². The number of nitrogen functional groups attached to an aromatic ring is 1. The molecule has 0 heterocycles. The Labute approximate surface area is 116 Å². The average molecular weight is 281 g/mol. The van der Waals surface area contributed by atoms with Crippen LogP contribution in [0.5, 0.6) is 0 Å². The standard InChI is InChI=1S/C15H23NO2S/c1-10-7-11(2)9-13(8-10)19(17,18)15-6-4-5-14(16)12(15)3/h4-6,10-11,13H,7-9,16H2,1-3H3. The van der Waals surface area contributed by atoms with Crippen molar-refractivity contribution in [2.45, 2.75) is 50.2 Å². The predicted molar refractivity (Wildman–Crippen MR) is 78.7 cm³/mol. The maximum absolute atomic E-state index is 12.8. The van der Waals surface area contributed by atoms with E-state index in [1.807, 2.05) is 0 Å². The quantitative estimate of drug-likeness (QED) is 0.847. The molecule has 4 heteroatoms. The summed E-state index contributed by atoms with van der Waals surface area (Å²) >= 11 is 0. The molecule has 1 aromatic carbocycles. The Bertz CT molecular complexity index is 556. The number of hydrogen-bond acceptors (Lipinski definition) is 3. The molecule has 1 aliphatic carbocycles. The van der Waals surface area contributed by atoms with Gasteiger partial charge in [-0.3, -0.25) is 0 Å². The molecule has 2 N–H and O–H groups in total. The van der Waals surface area contributed by atoms with Gasteiger partial charge in [0.15, 0.2) is 9.84 Å². The van der Waals surface area contributed by atoms with E-state index in [0.29, 0.717) is 28.0 Å². The third kappa shape index (κ3) is 2.78. The first kappa shape index (κ1) is 14.4. The maximum atomic E-state index is 12.8. The zero-order chi connectivity index (χ0) is 14.2. The minimum Gasteiger partial charge on any atom is -0.398 e. The second kappa shape index (κ2) is 5.16.